The number of nitrogens with one attached hydrogen (secondary N) is 1. The van der Waals surface area contributed by atoms with Crippen molar-refractivity contribution in [1.82, 2.24) is 5.32 Å². The summed E-state index contributed by atoms with van der Waals surface area (Å²) in [6.07, 6.45) is 6.80. The standard InChI is InChI=1S/C22H28N2O3/c25-17(12-23-21-16-11-15-18(19(15)21)20(16)22(26)27)24(13-7-3-1-4-8-13)14-9-5-2-6-10-14/h1,3-4,7-8,14-16,18-21,23H,2,5-6,9-12H2,(H,26,27). The van der Waals surface area contributed by atoms with Crippen LogP contribution in [0.2, 0.25) is 0 Å². The first-order valence-corrected chi connectivity index (χ1v) is 10.5. The van der Waals surface area contributed by atoms with Crippen LogP contribution in [0, 0.1) is 29.6 Å². The fraction of sp³-hybridized carbons (Fsp3) is 0.636. The van der Waals surface area contributed by atoms with E-state index in [1.54, 1.807) is 0 Å². The normalized spacial score (nSPS) is 36.6. The van der Waals surface area contributed by atoms with Crippen molar-refractivity contribution in [1.29, 1.82) is 0 Å². The van der Waals surface area contributed by atoms with Gasteiger partial charge in [-0.15, -0.1) is 0 Å². The molecule has 0 aliphatic heterocycles. The van der Waals surface area contributed by atoms with Gasteiger partial charge in [0.1, 0.15) is 0 Å². The Hall–Kier alpha value is -1.88. The number of hydrogen-bond acceptors (Lipinski definition) is 3. The number of anilines is 1. The number of nitrogens with zero attached hydrogens (tertiary/aromatic N) is 1. The summed E-state index contributed by atoms with van der Waals surface area (Å²) in [7, 11) is 0. The summed E-state index contributed by atoms with van der Waals surface area (Å²) in [4.78, 5) is 26.8. The summed E-state index contributed by atoms with van der Waals surface area (Å²) in [6.45, 7) is 0.314. The highest BCUT2D eigenvalue weighted by Gasteiger charge is 2.75. The van der Waals surface area contributed by atoms with Gasteiger partial charge in [0.05, 0.1) is 12.5 Å². The maximum atomic E-state index is 13.2. The fourth-order valence-corrected chi connectivity index (χ4v) is 6.57. The maximum absolute atomic E-state index is 13.2. The molecule has 2 N–H and O–H groups in total. The number of rotatable bonds is 6. The lowest BCUT2D eigenvalue weighted by atomic mass is 9.93. The van der Waals surface area contributed by atoms with Gasteiger partial charge in [-0.2, -0.15) is 0 Å². The molecule has 0 radical (unpaired) electrons. The molecule has 1 amide bonds. The lowest BCUT2D eigenvalue weighted by Gasteiger charge is -2.35. The van der Waals surface area contributed by atoms with Crippen LogP contribution in [-0.4, -0.2) is 35.6 Å². The Kier molecular flexibility index (Phi) is 4.23. The molecule has 5 heteroatoms. The van der Waals surface area contributed by atoms with Crippen LogP contribution in [0.3, 0.4) is 0 Å². The third kappa shape index (κ3) is 2.78. The molecule has 1 aromatic rings. The highest BCUT2D eigenvalue weighted by atomic mass is 16.4. The molecule has 6 unspecified atom stereocenters. The number of hydrogen-bond donors (Lipinski definition) is 2. The van der Waals surface area contributed by atoms with Crippen LogP contribution < -0.4 is 10.2 Å². The molecule has 0 saturated heterocycles. The molecule has 0 aromatic heterocycles. The quantitative estimate of drug-likeness (QED) is 0.810. The Bertz CT molecular complexity index is 730. The zero-order valence-corrected chi connectivity index (χ0v) is 15.6. The highest BCUT2D eigenvalue weighted by molar-refractivity contribution is 5.95. The van der Waals surface area contributed by atoms with Crippen LogP contribution in [0.5, 0.6) is 0 Å². The number of carboxylic acids is 1. The van der Waals surface area contributed by atoms with E-state index in [-0.39, 0.29) is 29.8 Å². The van der Waals surface area contributed by atoms with Gasteiger partial charge in [0.2, 0.25) is 5.91 Å². The minimum atomic E-state index is -0.640. The van der Waals surface area contributed by atoms with E-state index in [0.29, 0.717) is 24.3 Å². The first-order chi connectivity index (χ1) is 13.2. The van der Waals surface area contributed by atoms with Gasteiger partial charge < -0.3 is 15.3 Å². The molecule has 0 heterocycles. The van der Waals surface area contributed by atoms with Crippen molar-refractivity contribution in [2.24, 2.45) is 29.6 Å². The molecule has 27 heavy (non-hydrogen) atoms. The predicted octanol–water partition coefficient (Wildman–Crippen LogP) is 2.91. The van der Waals surface area contributed by atoms with Crippen LogP contribution in [0.1, 0.15) is 38.5 Å². The van der Waals surface area contributed by atoms with Gasteiger partial charge in [0.25, 0.3) is 0 Å². The highest BCUT2D eigenvalue weighted by Crippen LogP contribution is 2.73. The molecule has 144 valence electrons. The molecule has 6 atom stereocenters. The van der Waals surface area contributed by atoms with E-state index in [1.807, 2.05) is 35.2 Å². The van der Waals surface area contributed by atoms with E-state index >= 15 is 0 Å². The molecule has 0 spiro atoms. The molecule has 5 fully saturated rings. The summed E-state index contributed by atoms with van der Waals surface area (Å²) in [5.74, 6) is 0.964. The fourth-order valence-electron chi connectivity index (χ4n) is 6.57. The van der Waals surface area contributed by atoms with E-state index in [2.05, 4.69) is 5.32 Å². The number of carboxylic acid groups (broad SMARTS) is 1. The third-order valence-corrected chi connectivity index (χ3v) is 7.61. The first-order valence-electron chi connectivity index (χ1n) is 10.5. The van der Waals surface area contributed by atoms with E-state index in [4.69, 9.17) is 0 Å². The molecule has 5 aliphatic carbocycles. The van der Waals surface area contributed by atoms with E-state index in [1.165, 1.54) is 19.3 Å². The van der Waals surface area contributed by atoms with Gasteiger partial charge in [-0.3, -0.25) is 9.59 Å². The van der Waals surface area contributed by atoms with Crippen molar-refractivity contribution >= 4 is 17.6 Å². The van der Waals surface area contributed by atoms with Crippen molar-refractivity contribution in [3.05, 3.63) is 30.3 Å². The predicted molar refractivity (Wildman–Crippen MR) is 102 cm³/mol. The average molecular weight is 368 g/mol. The van der Waals surface area contributed by atoms with Gasteiger partial charge in [0.15, 0.2) is 0 Å². The number of carbonyl (C=O) groups excluding carboxylic acids is 1. The van der Waals surface area contributed by atoms with Crippen LogP contribution in [0.4, 0.5) is 5.69 Å². The minimum absolute atomic E-state index is 0.126. The average Bonchev–Trinajstić information content (AvgIpc) is 2.99. The Balaban J connectivity index is 1.28. The van der Waals surface area contributed by atoms with Crippen LogP contribution in [-0.2, 0) is 9.59 Å². The lowest BCUT2D eigenvalue weighted by molar-refractivity contribution is -0.143. The summed E-state index contributed by atoms with van der Waals surface area (Å²) in [6, 6.07) is 10.5. The molecular formula is C22H28N2O3. The van der Waals surface area contributed by atoms with Crippen molar-refractivity contribution in [3.8, 4) is 0 Å². The Labute approximate surface area is 160 Å². The zero-order chi connectivity index (χ0) is 18.5. The Morgan fingerprint density at radius 2 is 1.78 bits per heavy atom. The molecule has 5 nitrogen and oxygen atoms in total. The van der Waals surface area contributed by atoms with Crippen molar-refractivity contribution in [3.63, 3.8) is 0 Å². The van der Waals surface area contributed by atoms with Crippen molar-refractivity contribution < 1.29 is 14.7 Å². The second kappa shape index (κ2) is 6.62. The van der Waals surface area contributed by atoms with Crippen molar-refractivity contribution in [2.45, 2.75) is 50.6 Å². The molecular weight excluding hydrogens is 340 g/mol. The lowest BCUT2D eigenvalue weighted by Crippen LogP contribution is -2.48. The molecule has 1 aromatic carbocycles. The van der Waals surface area contributed by atoms with E-state index < -0.39 is 5.97 Å². The maximum Gasteiger partial charge on any atom is 0.307 e. The van der Waals surface area contributed by atoms with E-state index in [9.17, 15) is 14.7 Å². The van der Waals surface area contributed by atoms with Gasteiger partial charge in [-0.05, 0) is 55.1 Å². The first kappa shape index (κ1) is 17.2. The largest absolute Gasteiger partial charge is 0.481 e. The van der Waals surface area contributed by atoms with Crippen LogP contribution in [0.25, 0.3) is 0 Å². The minimum Gasteiger partial charge on any atom is -0.481 e. The SMILES string of the molecule is O=C(O)C1C2CC3C(C2NCC(=O)N(c2ccccc2)C2CCCCC2)C31. The molecule has 4 bridgehead atoms. The smallest absolute Gasteiger partial charge is 0.307 e. The van der Waals surface area contributed by atoms with Gasteiger partial charge in [-0.1, -0.05) is 37.5 Å². The number of aliphatic carboxylic acids is 1. The third-order valence-electron chi connectivity index (χ3n) is 7.61. The van der Waals surface area contributed by atoms with Crippen molar-refractivity contribution in [2.75, 3.05) is 11.4 Å². The number of benzene rings is 1. The second-order valence-electron chi connectivity index (χ2n) is 8.88. The van der Waals surface area contributed by atoms with Crippen LogP contribution in [0.15, 0.2) is 30.3 Å². The Morgan fingerprint density at radius 3 is 2.41 bits per heavy atom. The molecule has 6 rings (SSSR count). The van der Waals surface area contributed by atoms with Gasteiger partial charge in [-0.25, -0.2) is 0 Å². The van der Waals surface area contributed by atoms with Gasteiger partial charge in [0, 0.05) is 17.8 Å². The number of amides is 1. The zero-order valence-electron chi connectivity index (χ0n) is 15.6. The monoisotopic (exact) mass is 368 g/mol. The molecule has 5 aliphatic rings. The topological polar surface area (TPSA) is 69.6 Å². The Morgan fingerprint density at radius 1 is 1.04 bits per heavy atom. The van der Waals surface area contributed by atoms with E-state index in [0.717, 1.165) is 24.9 Å². The summed E-state index contributed by atoms with van der Waals surface area (Å²) in [5, 5.41) is 13.0. The van der Waals surface area contributed by atoms with Crippen LogP contribution >= 0.6 is 0 Å². The summed E-state index contributed by atoms with van der Waals surface area (Å²) < 4.78 is 0. The van der Waals surface area contributed by atoms with Gasteiger partial charge >= 0.3 is 5.97 Å². The number of para-hydroxylation sites is 1. The summed E-state index contributed by atoms with van der Waals surface area (Å²) >= 11 is 0. The summed E-state index contributed by atoms with van der Waals surface area (Å²) in [5.41, 5.74) is 0.986. The number of carbonyl (C=O) groups is 2. The molecule has 5 saturated carbocycles. The second-order valence-corrected chi connectivity index (χ2v) is 8.88.